The number of anilines is 1. The average molecular weight is 352 g/mol. The van der Waals surface area contributed by atoms with Crippen LogP contribution in [0.1, 0.15) is 31.0 Å². The van der Waals surface area contributed by atoms with Gasteiger partial charge in [0.1, 0.15) is 11.6 Å². The highest BCUT2D eigenvalue weighted by Crippen LogP contribution is 2.28. The van der Waals surface area contributed by atoms with Crippen LogP contribution >= 0.6 is 15.9 Å². The normalized spacial score (nSPS) is 12.0. The number of hydrogen-bond acceptors (Lipinski definition) is 2. The van der Waals surface area contributed by atoms with Crippen LogP contribution in [0.15, 0.2) is 40.9 Å². The van der Waals surface area contributed by atoms with E-state index in [4.69, 9.17) is 4.74 Å². The van der Waals surface area contributed by atoms with Crippen molar-refractivity contribution in [1.29, 1.82) is 0 Å². The van der Waals surface area contributed by atoms with Gasteiger partial charge in [0.2, 0.25) is 0 Å². The minimum Gasteiger partial charge on any atom is -0.494 e. The Morgan fingerprint density at radius 3 is 2.67 bits per heavy atom. The number of rotatable bonds is 5. The van der Waals surface area contributed by atoms with Crippen molar-refractivity contribution in [1.82, 2.24) is 0 Å². The Kier molecular flexibility index (Phi) is 5.23. The van der Waals surface area contributed by atoms with Crippen LogP contribution in [0.25, 0.3) is 0 Å². The number of benzene rings is 2. The van der Waals surface area contributed by atoms with E-state index in [1.807, 2.05) is 39.0 Å². The zero-order valence-corrected chi connectivity index (χ0v) is 14.0. The quantitative estimate of drug-likeness (QED) is 0.771. The molecule has 21 heavy (non-hydrogen) atoms. The predicted molar refractivity (Wildman–Crippen MR) is 88.5 cm³/mol. The molecular weight excluding hydrogens is 333 g/mol. The molecule has 112 valence electrons. The van der Waals surface area contributed by atoms with Gasteiger partial charge in [-0.05, 0) is 62.7 Å². The first-order valence-electron chi connectivity index (χ1n) is 6.96. The van der Waals surface area contributed by atoms with Crippen LogP contribution in [-0.2, 0) is 0 Å². The number of aryl methyl sites for hydroxylation is 1. The molecule has 0 aliphatic rings. The van der Waals surface area contributed by atoms with Crippen LogP contribution in [-0.4, -0.2) is 6.61 Å². The molecule has 2 aromatic rings. The summed E-state index contributed by atoms with van der Waals surface area (Å²) < 4.78 is 20.3. The minimum atomic E-state index is -0.207. The molecule has 0 fully saturated rings. The molecular formula is C17H19BrFNO. The topological polar surface area (TPSA) is 21.3 Å². The summed E-state index contributed by atoms with van der Waals surface area (Å²) in [5.74, 6) is 0.642. The maximum atomic E-state index is 13.9. The Morgan fingerprint density at radius 2 is 2.00 bits per heavy atom. The molecule has 2 rings (SSSR count). The lowest BCUT2D eigenvalue weighted by molar-refractivity contribution is 0.340. The second-order valence-electron chi connectivity index (χ2n) is 4.94. The second-order valence-corrected chi connectivity index (χ2v) is 5.86. The highest BCUT2D eigenvalue weighted by atomic mass is 79.9. The molecule has 0 radical (unpaired) electrons. The summed E-state index contributed by atoms with van der Waals surface area (Å²) in [6.07, 6.45) is 0. The molecule has 0 aliphatic carbocycles. The molecule has 0 aliphatic heterocycles. The number of hydrogen-bond donors (Lipinski definition) is 1. The molecule has 0 heterocycles. The predicted octanol–water partition coefficient (Wildman–Crippen LogP) is 5.47. The first-order chi connectivity index (χ1) is 10.0. The molecule has 0 bridgehead atoms. The third kappa shape index (κ3) is 3.97. The zero-order valence-electron chi connectivity index (χ0n) is 12.4. The largest absolute Gasteiger partial charge is 0.494 e. The van der Waals surface area contributed by atoms with Crippen molar-refractivity contribution in [3.8, 4) is 5.75 Å². The molecule has 0 spiro atoms. The van der Waals surface area contributed by atoms with E-state index in [-0.39, 0.29) is 11.9 Å². The lowest BCUT2D eigenvalue weighted by Crippen LogP contribution is -2.09. The molecule has 4 heteroatoms. The fourth-order valence-corrected chi connectivity index (χ4v) is 2.59. The fraction of sp³-hybridized carbons (Fsp3) is 0.294. The van der Waals surface area contributed by atoms with E-state index in [2.05, 4.69) is 21.2 Å². The van der Waals surface area contributed by atoms with E-state index >= 15 is 0 Å². The summed E-state index contributed by atoms with van der Waals surface area (Å²) in [6.45, 7) is 6.56. The highest BCUT2D eigenvalue weighted by molar-refractivity contribution is 9.10. The SMILES string of the molecule is CCOc1ccc(NC(C)c2cc(Br)ccc2F)c(C)c1. The molecule has 0 saturated heterocycles. The minimum absolute atomic E-state index is 0.126. The Labute approximate surface area is 133 Å². The van der Waals surface area contributed by atoms with Crippen molar-refractivity contribution in [2.45, 2.75) is 26.8 Å². The molecule has 2 aromatic carbocycles. The van der Waals surface area contributed by atoms with Gasteiger partial charge in [0, 0.05) is 15.7 Å². The summed E-state index contributed by atoms with van der Waals surface area (Å²) in [4.78, 5) is 0. The van der Waals surface area contributed by atoms with Crippen molar-refractivity contribution < 1.29 is 9.13 Å². The van der Waals surface area contributed by atoms with E-state index in [1.54, 1.807) is 12.1 Å². The van der Waals surface area contributed by atoms with Crippen molar-refractivity contribution in [2.24, 2.45) is 0 Å². The van der Waals surface area contributed by atoms with Crippen molar-refractivity contribution >= 4 is 21.6 Å². The fourth-order valence-electron chi connectivity index (χ4n) is 2.21. The van der Waals surface area contributed by atoms with E-state index in [0.29, 0.717) is 12.2 Å². The molecule has 1 unspecified atom stereocenters. The van der Waals surface area contributed by atoms with Gasteiger partial charge in [-0.2, -0.15) is 0 Å². The smallest absolute Gasteiger partial charge is 0.128 e. The maximum Gasteiger partial charge on any atom is 0.128 e. The first kappa shape index (κ1) is 15.8. The molecule has 0 saturated carbocycles. The Bertz CT molecular complexity index is 630. The van der Waals surface area contributed by atoms with Gasteiger partial charge in [-0.3, -0.25) is 0 Å². The number of nitrogens with one attached hydrogen (secondary N) is 1. The summed E-state index contributed by atoms with van der Waals surface area (Å²) in [5.41, 5.74) is 2.69. The average Bonchev–Trinajstić information content (AvgIpc) is 2.44. The van der Waals surface area contributed by atoms with E-state index < -0.39 is 0 Å². The lowest BCUT2D eigenvalue weighted by atomic mass is 10.1. The monoisotopic (exact) mass is 351 g/mol. The van der Waals surface area contributed by atoms with Crippen molar-refractivity contribution in [2.75, 3.05) is 11.9 Å². The maximum absolute atomic E-state index is 13.9. The molecule has 0 aromatic heterocycles. The summed E-state index contributed by atoms with van der Waals surface area (Å²) in [5, 5.41) is 3.35. The van der Waals surface area contributed by atoms with E-state index in [9.17, 15) is 4.39 Å². The van der Waals surface area contributed by atoms with Gasteiger partial charge in [0.25, 0.3) is 0 Å². The number of ether oxygens (including phenoxy) is 1. The van der Waals surface area contributed by atoms with Gasteiger partial charge < -0.3 is 10.1 Å². The Hall–Kier alpha value is -1.55. The molecule has 1 N–H and O–H groups in total. The standard InChI is InChI=1S/C17H19BrFNO/c1-4-21-14-6-8-17(11(2)9-14)20-12(3)15-10-13(18)5-7-16(15)19/h5-10,12,20H,4H2,1-3H3. The van der Waals surface area contributed by atoms with Gasteiger partial charge in [0.15, 0.2) is 0 Å². The van der Waals surface area contributed by atoms with Crippen LogP contribution in [0.4, 0.5) is 10.1 Å². The van der Waals surface area contributed by atoms with Crippen LogP contribution in [0.3, 0.4) is 0 Å². The molecule has 1 atom stereocenters. The van der Waals surface area contributed by atoms with E-state index in [1.165, 1.54) is 6.07 Å². The summed E-state index contributed by atoms with van der Waals surface area (Å²) in [7, 11) is 0. The first-order valence-corrected chi connectivity index (χ1v) is 7.75. The van der Waals surface area contributed by atoms with Crippen molar-refractivity contribution in [3.63, 3.8) is 0 Å². The van der Waals surface area contributed by atoms with Crippen LogP contribution < -0.4 is 10.1 Å². The third-order valence-electron chi connectivity index (χ3n) is 3.31. The molecule has 0 amide bonds. The Balaban J connectivity index is 2.19. The van der Waals surface area contributed by atoms with Crippen LogP contribution in [0.2, 0.25) is 0 Å². The highest BCUT2D eigenvalue weighted by Gasteiger charge is 2.12. The lowest BCUT2D eigenvalue weighted by Gasteiger charge is -2.19. The second kappa shape index (κ2) is 6.94. The van der Waals surface area contributed by atoms with Gasteiger partial charge in [-0.1, -0.05) is 15.9 Å². The van der Waals surface area contributed by atoms with Gasteiger partial charge in [0.05, 0.1) is 12.6 Å². The zero-order chi connectivity index (χ0) is 15.4. The third-order valence-corrected chi connectivity index (χ3v) is 3.80. The molecule has 2 nitrogen and oxygen atoms in total. The number of halogens is 2. The van der Waals surface area contributed by atoms with Crippen LogP contribution in [0.5, 0.6) is 5.75 Å². The van der Waals surface area contributed by atoms with Crippen molar-refractivity contribution in [3.05, 3.63) is 57.8 Å². The summed E-state index contributed by atoms with van der Waals surface area (Å²) in [6, 6.07) is 10.7. The summed E-state index contributed by atoms with van der Waals surface area (Å²) >= 11 is 3.38. The van der Waals surface area contributed by atoms with Gasteiger partial charge in [-0.25, -0.2) is 4.39 Å². The Morgan fingerprint density at radius 1 is 1.24 bits per heavy atom. The van der Waals surface area contributed by atoms with Crippen LogP contribution in [0, 0.1) is 12.7 Å². The van der Waals surface area contributed by atoms with E-state index in [0.717, 1.165) is 21.5 Å². The van der Waals surface area contributed by atoms with Gasteiger partial charge >= 0.3 is 0 Å². The van der Waals surface area contributed by atoms with Gasteiger partial charge in [-0.15, -0.1) is 0 Å².